The molecule has 0 saturated carbocycles. The molecular weight excluding hydrogens is 316 g/mol. The van der Waals surface area contributed by atoms with Gasteiger partial charge >= 0.3 is 0 Å². The van der Waals surface area contributed by atoms with Gasteiger partial charge in [-0.2, -0.15) is 0 Å². The molecule has 0 aliphatic heterocycles. The molecule has 1 atom stereocenters. The summed E-state index contributed by atoms with van der Waals surface area (Å²) >= 11 is 9.57. The summed E-state index contributed by atoms with van der Waals surface area (Å²) in [6, 6.07) is 5.89. The molecular formula is C13H20BrClN2O. The van der Waals surface area contributed by atoms with Gasteiger partial charge in [0.05, 0.1) is 12.2 Å². The summed E-state index contributed by atoms with van der Waals surface area (Å²) in [7, 11) is 0. The first-order valence-corrected chi connectivity index (χ1v) is 7.03. The third-order valence-corrected chi connectivity index (χ3v) is 3.28. The molecule has 102 valence electrons. The van der Waals surface area contributed by atoms with E-state index in [0.717, 1.165) is 21.5 Å². The first-order chi connectivity index (χ1) is 8.31. The number of rotatable bonds is 5. The van der Waals surface area contributed by atoms with E-state index in [1.54, 1.807) is 0 Å². The van der Waals surface area contributed by atoms with Crippen molar-refractivity contribution >= 4 is 27.5 Å². The summed E-state index contributed by atoms with van der Waals surface area (Å²) in [4.78, 5) is 0. The monoisotopic (exact) mass is 334 g/mol. The molecule has 3 N–H and O–H groups in total. The fraction of sp³-hybridized carbons (Fsp3) is 0.538. The van der Waals surface area contributed by atoms with Crippen LogP contribution in [0.25, 0.3) is 0 Å². The van der Waals surface area contributed by atoms with Gasteiger partial charge < -0.3 is 4.74 Å². The average Bonchev–Trinajstić information content (AvgIpc) is 2.25. The summed E-state index contributed by atoms with van der Waals surface area (Å²) in [5.74, 6) is 5.55. The second-order valence-electron chi connectivity index (χ2n) is 5.23. The maximum atomic E-state index is 6.18. The highest BCUT2D eigenvalue weighted by molar-refractivity contribution is 9.10. The lowest BCUT2D eigenvalue weighted by Gasteiger charge is -2.24. The van der Waals surface area contributed by atoms with Crippen LogP contribution >= 0.6 is 27.5 Å². The van der Waals surface area contributed by atoms with Crippen LogP contribution in [0.15, 0.2) is 22.7 Å². The molecule has 0 aliphatic rings. The van der Waals surface area contributed by atoms with Crippen LogP contribution in [0.1, 0.15) is 26.3 Å². The molecule has 0 fully saturated rings. The molecule has 0 heterocycles. The SMILES string of the molecule is CC(C)(C)OCC(Cc1ccc(Br)cc1Cl)NN. The predicted octanol–water partition coefficient (Wildman–Crippen LogP) is 3.29. The number of nitrogens with one attached hydrogen (secondary N) is 1. The van der Waals surface area contributed by atoms with Gasteiger partial charge in [0.25, 0.3) is 0 Å². The predicted molar refractivity (Wildman–Crippen MR) is 79.7 cm³/mol. The number of nitrogens with two attached hydrogens (primary N) is 1. The minimum atomic E-state index is -0.168. The zero-order chi connectivity index (χ0) is 13.8. The van der Waals surface area contributed by atoms with E-state index in [0.29, 0.717) is 6.61 Å². The van der Waals surface area contributed by atoms with Gasteiger partial charge in [0, 0.05) is 15.5 Å². The van der Waals surface area contributed by atoms with E-state index in [-0.39, 0.29) is 11.6 Å². The Morgan fingerprint density at radius 1 is 1.44 bits per heavy atom. The van der Waals surface area contributed by atoms with Crippen molar-refractivity contribution in [3.63, 3.8) is 0 Å². The van der Waals surface area contributed by atoms with Crippen LogP contribution in [-0.2, 0) is 11.2 Å². The number of hydrogen-bond donors (Lipinski definition) is 2. The number of benzene rings is 1. The first kappa shape index (κ1) is 15.9. The van der Waals surface area contributed by atoms with Gasteiger partial charge in [0.15, 0.2) is 0 Å². The normalized spacial score (nSPS) is 13.7. The highest BCUT2D eigenvalue weighted by Gasteiger charge is 2.16. The molecule has 1 aromatic rings. The van der Waals surface area contributed by atoms with Crippen molar-refractivity contribution in [1.29, 1.82) is 0 Å². The summed E-state index contributed by atoms with van der Waals surface area (Å²) in [5.41, 5.74) is 3.66. The third-order valence-electron chi connectivity index (χ3n) is 2.43. The van der Waals surface area contributed by atoms with Crippen LogP contribution in [0, 0.1) is 0 Å². The Labute approximate surface area is 122 Å². The molecule has 0 amide bonds. The summed E-state index contributed by atoms with van der Waals surface area (Å²) < 4.78 is 6.70. The van der Waals surface area contributed by atoms with Crippen molar-refractivity contribution < 1.29 is 4.74 Å². The Morgan fingerprint density at radius 2 is 2.11 bits per heavy atom. The van der Waals surface area contributed by atoms with Crippen LogP contribution in [0.4, 0.5) is 0 Å². The molecule has 5 heteroatoms. The van der Waals surface area contributed by atoms with Crippen molar-refractivity contribution in [2.24, 2.45) is 5.84 Å². The second-order valence-corrected chi connectivity index (χ2v) is 6.55. The quantitative estimate of drug-likeness (QED) is 0.641. The summed E-state index contributed by atoms with van der Waals surface area (Å²) in [5, 5.41) is 0.736. The Hall–Kier alpha value is -0.130. The fourth-order valence-electron chi connectivity index (χ4n) is 1.47. The molecule has 0 radical (unpaired) electrons. The summed E-state index contributed by atoms with van der Waals surface area (Å²) in [6.07, 6.45) is 0.735. The van der Waals surface area contributed by atoms with Gasteiger partial charge in [-0.25, -0.2) is 0 Å². The number of halogens is 2. The van der Waals surface area contributed by atoms with E-state index in [1.807, 2.05) is 39.0 Å². The fourth-order valence-corrected chi connectivity index (χ4v) is 2.22. The van der Waals surface area contributed by atoms with Crippen LogP contribution < -0.4 is 11.3 Å². The number of hydrogen-bond acceptors (Lipinski definition) is 3. The Morgan fingerprint density at radius 3 is 2.61 bits per heavy atom. The molecule has 0 aromatic heterocycles. The van der Waals surface area contributed by atoms with E-state index in [2.05, 4.69) is 21.4 Å². The molecule has 0 spiro atoms. The Kier molecular flexibility index (Phi) is 6.08. The molecule has 0 bridgehead atoms. The van der Waals surface area contributed by atoms with E-state index < -0.39 is 0 Å². The van der Waals surface area contributed by atoms with Crippen molar-refractivity contribution in [3.05, 3.63) is 33.3 Å². The van der Waals surface area contributed by atoms with E-state index in [4.69, 9.17) is 22.2 Å². The maximum absolute atomic E-state index is 6.18. The van der Waals surface area contributed by atoms with Gasteiger partial charge in [0.1, 0.15) is 0 Å². The second kappa shape index (κ2) is 6.87. The van der Waals surface area contributed by atoms with Crippen molar-refractivity contribution in [2.45, 2.75) is 38.8 Å². The first-order valence-electron chi connectivity index (χ1n) is 5.86. The Bertz CT molecular complexity index is 393. The van der Waals surface area contributed by atoms with Crippen LogP contribution in [0.5, 0.6) is 0 Å². The largest absolute Gasteiger partial charge is 0.374 e. The standard InChI is InChI=1S/C13H20BrClN2O/c1-13(2,3)18-8-11(17-16)6-9-4-5-10(14)7-12(9)15/h4-5,7,11,17H,6,8,16H2,1-3H3. The smallest absolute Gasteiger partial charge is 0.0643 e. The zero-order valence-electron chi connectivity index (χ0n) is 11.0. The molecule has 1 unspecified atom stereocenters. The topological polar surface area (TPSA) is 47.3 Å². The maximum Gasteiger partial charge on any atom is 0.0643 e. The van der Waals surface area contributed by atoms with Gasteiger partial charge in [-0.15, -0.1) is 0 Å². The van der Waals surface area contributed by atoms with Gasteiger partial charge in [-0.3, -0.25) is 11.3 Å². The molecule has 1 rings (SSSR count). The van der Waals surface area contributed by atoms with Gasteiger partial charge in [-0.05, 0) is 44.9 Å². The average molecular weight is 336 g/mol. The highest BCUT2D eigenvalue weighted by Crippen LogP contribution is 2.22. The minimum absolute atomic E-state index is 0.0444. The molecule has 1 aromatic carbocycles. The molecule has 18 heavy (non-hydrogen) atoms. The summed E-state index contributed by atoms with van der Waals surface area (Å²) in [6.45, 7) is 6.61. The highest BCUT2D eigenvalue weighted by atomic mass is 79.9. The number of ether oxygens (including phenoxy) is 1. The lowest BCUT2D eigenvalue weighted by molar-refractivity contribution is -0.0143. The van der Waals surface area contributed by atoms with Crippen molar-refractivity contribution in [2.75, 3.05) is 6.61 Å². The van der Waals surface area contributed by atoms with Crippen molar-refractivity contribution in [3.8, 4) is 0 Å². The zero-order valence-corrected chi connectivity index (χ0v) is 13.3. The van der Waals surface area contributed by atoms with E-state index in [1.165, 1.54) is 0 Å². The molecule has 0 aliphatic carbocycles. The Balaban J connectivity index is 2.62. The lowest BCUT2D eigenvalue weighted by atomic mass is 10.1. The molecule has 3 nitrogen and oxygen atoms in total. The van der Waals surface area contributed by atoms with E-state index >= 15 is 0 Å². The van der Waals surface area contributed by atoms with E-state index in [9.17, 15) is 0 Å². The van der Waals surface area contributed by atoms with Crippen LogP contribution in [0.3, 0.4) is 0 Å². The third kappa shape index (κ3) is 5.67. The van der Waals surface area contributed by atoms with Crippen molar-refractivity contribution in [1.82, 2.24) is 5.43 Å². The minimum Gasteiger partial charge on any atom is -0.374 e. The molecule has 0 saturated heterocycles. The van der Waals surface area contributed by atoms with Gasteiger partial charge in [0.2, 0.25) is 0 Å². The lowest BCUT2D eigenvalue weighted by Crippen LogP contribution is -2.42. The van der Waals surface area contributed by atoms with Gasteiger partial charge in [-0.1, -0.05) is 33.6 Å². The van der Waals surface area contributed by atoms with Crippen LogP contribution in [-0.4, -0.2) is 18.2 Å². The number of hydrazine groups is 1. The van der Waals surface area contributed by atoms with Crippen LogP contribution in [0.2, 0.25) is 5.02 Å².